The van der Waals surface area contributed by atoms with E-state index in [-0.39, 0.29) is 0 Å². The van der Waals surface area contributed by atoms with Gasteiger partial charge in [-0.2, -0.15) is 5.10 Å². The molecule has 0 atom stereocenters. The first-order chi connectivity index (χ1) is 9.19. The average Bonchev–Trinajstić information content (AvgIpc) is 2.69. The summed E-state index contributed by atoms with van der Waals surface area (Å²) in [6, 6.07) is 10.3. The molecule has 4 nitrogen and oxygen atoms in total. The molecule has 102 valence electrons. The van der Waals surface area contributed by atoms with Crippen molar-refractivity contribution in [1.29, 1.82) is 0 Å². The van der Waals surface area contributed by atoms with Crippen LogP contribution >= 0.6 is 0 Å². The highest BCUT2D eigenvalue weighted by atomic mass is 15.4. The van der Waals surface area contributed by atoms with Gasteiger partial charge in [0.15, 0.2) is 5.82 Å². The van der Waals surface area contributed by atoms with Crippen LogP contribution in [0.25, 0.3) is 0 Å². The average molecular weight is 258 g/mol. The highest BCUT2D eigenvalue weighted by molar-refractivity contribution is 5.73. The third-order valence-corrected chi connectivity index (χ3v) is 3.22. The van der Waals surface area contributed by atoms with Crippen LogP contribution < -0.4 is 10.6 Å². The van der Waals surface area contributed by atoms with Crippen LogP contribution in [0.5, 0.6) is 0 Å². The molecule has 2 rings (SSSR count). The number of aromatic nitrogens is 2. The summed E-state index contributed by atoms with van der Waals surface area (Å²) in [5.41, 5.74) is 9.05. The van der Waals surface area contributed by atoms with Crippen molar-refractivity contribution in [2.24, 2.45) is 0 Å². The Balaban J connectivity index is 2.49. The van der Waals surface area contributed by atoms with Crippen molar-refractivity contribution in [1.82, 2.24) is 9.78 Å². The lowest BCUT2D eigenvalue weighted by Crippen LogP contribution is -2.21. The zero-order chi connectivity index (χ0) is 13.8. The summed E-state index contributed by atoms with van der Waals surface area (Å²) >= 11 is 0. The van der Waals surface area contributed by atoms with Gasteiger partial charge in [-0.15, -0.1) is 0 Å². The fraction of sp³-hybridized carbons (Fsp3) is 0.400. The Labute approximate surface area is 114 Å². The Morgan fingerprint density at radius 2 is 1.89 bits per heavy atom. The molecule has 1 aromatic carbocycles. The molecule has 0 aliphatic rings. The summed E-state index contributed by atoms with van der Waals surface area (Å²) in [6.07, 6.45) is 1.04. The SMILES string of the molecule is CCCn1nc(C)c(N)c1N(CC)c1ccccc1. The molecule has 2 N–H and O–H groups in total. The third kappa shape index (κ3) is 2.57. The molecule has 1 aromatic heterocycles. The smallest absolute Gasteiger partial charge is 0.155 e. The van der Waals surface area contributed by atoms with E-state index in [0.29, 0.717) is 0 Å². The van der Waals surface area contributed by atoms with Gasteiger partial charge < -0.3 is 10.6 Å². The predicted molar refractivity (Wildman–Crippen MR) is 80.8 cm³/mol. The van der Waals surface area contributed by atoms with Crippen molar-refractivity contribution >= 4 is 17.2 Å². The maximum absolute atomic E-state index is 6.22. The first-order valence-electron chi connectivity index (χ1n) is 6.84. The molecule has 0 radical (unpaired) electrons. The standard InChI is InChI=1S/C15H22N4/c1-4-11-19-15(14(16)12(3)17-19)18(5-2)13-9-7-6-8-10-13/h6-10H,4-5,11,16H2,1-3H3. The second-order valence-corrected chi connectivity index (χ2v) is 4.63. The van der Waals surface area contributed by atoms with Gasteiger partial charge in [0.05, 0.1) is 11.4 Å². The van der Waals surface area contributed by atoms with E-state index in [1.165, 1.54) is 0 Å². The maximum atomic E-state index is 6.22. The Hall–Kier alpha value is -1.97. The first kappa shape index (κ1) is 13.5. The van der Waals surface area contributed by atoms with Crippen LogP contribution in [0.4, 0.5) is 17.2 Å². The van der Waals surface area contributed by atoms with Crippen molar-refractivity contribution in [2.75, 3.05) is 17.2 Å². The topological polar surface area (TPSA) is 47.1 Å². The molecule has 0 aliphatic heterocycles. The number of aryl methyl sites for hydroxylation is 2. The van der Waals surface area contributed by atoms with Gasteiger partial charge in [0.1, 0.15) is 0 Å². The number of nitrogen functional groups attached to an aromatic ring is 1. The molecular formula is C15H22N4. The van der Waals surface area contributed by atoms with Crippen LogP contribution in [0.2, 0.25) is 0 Å². The minimum atomic E-state index is 0.777. The lowest BCUT2D eigenvalue weighted by Gasteiger charge is -2.24. The molecule has 0 aliphatic carbocycles. The van der Waals surface area contributed by atoms with Crippen LogP contribution in [0, 0.1) is 6.92 Å². The van der Waals surface area contributed by atoms with Gasteiger partial charge in [0.25, 0.3) is 0 Å². The number of anilines is 3. The molecule has 0 saturated carbocycles. The minimum Gasteiger partial charge on any atom is -0.394 e. The monoisotopic (exact) mass is 258 g/mol. The molecule has 0 fully saturated rings. The largest absolute Gasteiger partial charge is 0.394 e. The zero-order valence-electron chi connectivity index (χ0n) is 11.9. The van der Waals surface area contributed by atoms with E-state index < -0.39 is 0 Å². The van der Waals surface area contributed by atoms with E-state index in [2.05, 4.69) is 36.0 Å². The summed E-state index contributed by atoms with van der Waals surface area (Å²) < 4.78 is 2.02. The third-order valence-electron chi connectivity index (χ3n) is 3.22. The van der Waals surface area contributed by atoms with E-state index in [9.17, 15) is 0 Å². The maximum Gasteiger partial charge on any atom is 0.155 e. The normalized spacial score (nSPS) is 10.7. The van der Waals surface area contributed by atoms with Crippen molar-refractivity contribution in [3.63, 3.8) is 0 Å². The fourth-order valence-corrected chi connectivity index (χ4v) is 2.30. The number of benzene rings is 1. The Bertz CT molecular complexity index is 531. The van der Waals surface area contributed by atoms with Crippen molar-refractivity contribution < 1.29 is 0 Å². The van der Waals surface area contributed by atoms with Crippen LogP contribution in [0.1, 0.15) is 26.0 Å². The summed E-state index contributed by atoms with van der Waals surface area (Å²) in [4.78, 5) is 2.21. The van der Waals surface area contributed by atoms with Crippen molar-refractivity contribution in [3.8, 4) is 0 Å². The molecule has 0 spiro atoms. The minimum absolute atomic E-state index is 0.777. The second kappa shape index (κ2) is 5.78. The second-order valence-electron chi connectivity index (χ2n) is 4.63. The van der Waals surface area contributed by atoms with Gasteiger partial charge in [-0.25, -0.2) is 4.68 Å². The van der Waals surface area contributed by atoms with Crippen LogP contribution in [0.3, 0.4) is 0 Å². The summed E-state index contributed by atoms with van der Waals surface area (Å²) in [5.74, 6) is 1.01. The van der Waals surface area contributed by atoms with Crippen LogP contribution in [0.15, 0.2) is 30.3 Å². The summed E-state index contributed by atoms with van der Waals surface area (Å²) in [5, 5.41) is 4.54. The summed E-state index contributed by atoms with van der Waals surface area (Å²) in [6.45, 7) is 7.99. The molecule has 0 saturated heterocycles. The zero-order valence-corrected chi connectivity index (χ0v) is 11.9. The first-order valence-corrected chi connectivity index (χ1v) is 6.84. The Morgan fingerprint density at radius 1 is 1.21 bits per heavy atom. The number of nitrogens with two attached hydrogens (primary N) is 1. The number of rotatable bonds is 5. The van der Waals surface area contributed by atoms with E-state index in [1.807, 2.05) is 29.8 Å². The van der Waals surface area contributed by atoms with Gasteiger partial charge in [-0.1, -0.05) is 25.1 Å². The van der Waals surface area contributed by atoms with E-state index >= 15 is 0 Å². The molecule has 4 heteroatoms. The Kier molecular flexibility index (Phi) is 4.10. The van der Waals surface area contributed by atoms with E-state index in [1.54, 1.807) is 0 Å². The number of nitrogens with zero attached hydrogens (tertiary/aromatic N) is 3. The van der Waals surface area contributed by atoms with Gasteiger partial charge in [-0.05, 0) is 32.4 Å². The lowest BCUT2D eigenvalue weighted by molar-refractivity contribution is 0.596. The van der Waals surface area contributed by atoms with Gasteiger partial charge >= 0.3 is 0 Å². The number of hydrogen-bond donors (Lipinski definition) is 1. The van der Waals surface area contributed by atoms with Crippen LogP contribution in [-0.2, 0) is 6.54 Å². The number of hydrogen-bond acceptors (Lipinski definition) is 3. The van der Waals surface area contributed by atoms with E-state index in [4.69, 9.17) is 5.73 Å². The van der Waals surface area contributed by atoms with Gasteiger partial charge in [-0.3, -0.25) is 0 Å². The quantitative estimate of drug-likeness (QED) is 0.894. The van der Waals surface area contributed by atoms with Crippen molar-refractivity contribution in [2.45, 2.75) is 33.7 Å². The molecule has 0 bridgehead atoms. The lowest BCUT2D eigenvalue weighted by atomic mass is 10.2. The fourth-order valence-electron chi connectivity index (χ4n) is 2.30. The van der Waals surface area contributed by atoms with Gasteiger partial charge in [0, 0.05) is 18.8 Å². The molecule has 0 unspecified atom stereocenters. The Morgan fingerprint density at radius 3 is 2.47 bits per heavy atom. The van der Waals surface area contributed by atoms with Crippen LogP contribution in [-0.4, -0.2) is 16.3 Å². The predicted octanol–water partition coefficient (Wildman–Crippen LogP) is 3.34. The molecular weight excluding hydrogens is 236 g/mol. The summed E-state index contributed by atoms with van der Waals surface area (Å²) in [7, 11) is 0. The molecule has 19 heavy (non-hydrogen) atoms. The molecule has 1 heterocycles. The van der Waals surface area contributed by atoms with E-state index in [0.717, 1.165) is 42.4 Å². The molecule has 2 aromatic rings. The van der Waals surface area contributed by atoms with Crippen molar-refractivity contribution in [3.05, 3.63) is 36.0 Å². The van der Waals surface area contributed by atoms with Gasteiger partial charge in [0.2, 0.25) is 0 Å². The number of para-hydroxylation sites is 1. The molecule has 0 amide bonds. The highest BCUT2D eigenvalue weighted by Gasteiger charge is 2.18. The highest BCUT2D eigenvalue weighted by Crippen LogP contribution is 2.32.